The number of likely N-dealkylation sites (N-methyl/N-ethyl adjacent to an activating group) is 1. The average molecular weight is 413 g/mol. The number of nitrogens with zero attached hydrogens (tertiary/aromatic N) is 5. The van der Waals surface area contributed by atoms with Crippen molar-refractivity contribution in [2.45, 2.75) is 18.6 Å². The van der Waals surface area contributed by atoms with Gasteiger partial charge in [-0.15, -0.1) is 0 Å². The average Bonchev–Trinajstić information content (AvgIpc) is 3.06. The Morgan fingerprint density at radius 3 is 2.86 bits per heavy atom. The predicted octanol–water partition coefficient (Wildman–Crippen LogP) is 2.24. The SMILES string of the molecule is CN(C(=O)Nc1ncc(F)s1)C1CN(c2nccc(NC(=O)O)n2)CCC1F. The van der Waals surface area contributed by atoms with E-state index in [0.717, 1.165) is 6.20 Å². The van der Waals surface area contributed by atoms with Crippen molar-refractivity contribution in [3.8, 4) is 0 Å². The lowest BCUT2D eigenvalue weighted by atomic mass is 10.0. The van der Waals surface area contributed by atoms with Gasteiger partial charge in [-0.25, -0.2) is 23.9 Å². The summed E-state index contributed by atoms with van der Waals surface area (Å²) in [6, 6.07) is -0.0340. The highest BCUT2D eigenvalue weighted by Gasteiger charge is 2.35. The zero-order chi connectivity index (χ0) is 20.3. The van der Waals surface area contributed by atoms with E-state index in [0.29, 0.717) is 17.9 Å². The molecule has 13 heteroatoms. The number of carboxylic acid groups (broad SMARTS) is 1. The van der Waals surface area contributed by atoms with E-state index in [2.05, 4.69) is 25.6 Å². The quantitative estimate of drug-likeness (QED) is 0.702. The molecular weight excluding hydrogens is 396 g/mol. The van der Waals surface area contributed by atoms with E-state index in [1.807, 2.05) is 0 Å². The first-order valence-corrected chi connectivity index (χ1v) is 9.02. The number of amides is 3. The molecule has 3 heterocycles. The number of alkyl halides is 1. The Labute approximate surface area is 162 Å². The number of aromatic nitrogens is 3. The van der Waals surface area contributed by atoms with Crippen LogP contribution in [0.1, 0.15) is 6.42 Å². The number of thiazole rings is 1. The standard InChI is InChI=1S/C15H17F2N7O3S/c1-23(14(25)22-13-19-6-10(17)28-13)9-7-24(5-3-8(9)16)12-18-4-2-11(20-12)21-15(26)27/h2,4,6,8-9H,3,5,7H2,1H3,(H,26,27)(H,18,20,21)(H,19,22,25). The van der Waals surface area contributed by atoms with Crippen LogP contribution in [0.5, 0.6) is 0 Å². The van der Waals surface area contributed by atoms with Crippen LogP contribution in [0.2, 0.25) is 0 Å². The lowest BCUT2D eigenvalue weighted by Crippen LogP contribution is -2.55. The van der Waals surface area contributed by atoms with Crippen LogP contribution in [-0.4, -0.2) is 69.4 Å². The number of nitrogens with one attached hydrogen (secondary N) is 2. The topological polar surface area (TPSA) is 124 Å². The molecule has 0 bridgehead atoms. The summed E-state index contributed by atoms with van der Waals surface area (Å²) in [6.45, 7) is 0.412. The number of anilines is 3. The lowest BCUT2D eigenvalue weighted by molar-refractivity contribution is 0.133. The molecule has 0 radical (unpaired) electrons. The molecule has 0 saturated carbocycles. The van der Waals surface area contributed by atoms with Gasteiger partial charge in [0.25, 0.3) is 0 Å². The van der Waals surface area contributed by atoms with Crippen LogP contribution in [0.4, 0.5) is 35.3 Å². The monoisotopic (exact) mass is 413 g/mol. The third-order valence-electron chi connectivity index (χ3n) is 4.17. The second-order valence-corrected chi connectivity index (χ2v) is 6.98. The number of hydrogen-bond acceptors (Lipinski definition) is 7. The van der Waals surface area contributed by atoms with Crippen molar-refractivity contribution < 1.29 is 23.5 Å². The molecule has 3 rings (SSSR count). The van der Waals surface area contributed by atoms with Gasteiger partial charge in [-0.1, -0.05) is 11.3 Å². The normalized spacial score (nSPS) is 19.2. The Morgan fingerprint density at radius 1 is 1.39 bits per heavy atom. The molecule has 1 aliphatic rings. The van der Waals surface area contributed by atoms with Gasteiger partial charge in [0, 0.05) is 26.3 Å². The van der Waals surface area contributed by atoms with Gasteiger partial charge in [-0.3, -0.25) is 10.6 Å². The first kappa shape index (κ1) is 19.7. The zero-order valence-electron chi connectivity index (χ0n) is 14.7. The van der Waals surface area contributed by atoms with Gasteiger partial charge in [0.1, 0.15) is 12.0 Å². The smallest absolute Gasteiger partial charge is 0.410 e. The number of piperidine rings is 1. The first-order chi connectivity index (χ1) is 13.3. The van der Waals surface area contributed by atoms with Crippen molar-refractivity contribution in [3.05, 3.63) is 23.6 Å². The zero-order valence-corrected chi connectivity index (χ0v) is 15.5. The van der Waals surface area contributed by atoms with Crippen LogP contribution in [-0.2, 0) is 0 Å². The van der Waals surface area contributed by atoms with Crippen molar-refractivity contribution >= 4 is 40.4 Å². The van der Waals surface area contributed by atoms with Gasteiger partial charge in [0.05, 0.1) is 12.2 Å². The summed E-state index contributed by atoms with van der Waals surface area (Å²) < 4.78 is 27.5. The Balaban J connectivity index is 1.69. The number of carbonyl (C=O) groups is 2. The summed E-state index contributed by atoms with van der Waals surface area (Å²) in [5.41, 5.74) is 0. The summed E-state index contributed by atoms with van der Waals surface area (Å²) in [6.07, 6.45) is -0.0396. The van der Waals surface area contributed by atoms with Crippen LogP contribution in [0.3, 0.4) is 0 Å². The third-order valence-corrected chi connectivity index (χ3v) is 4.87. The molecule has 2 aromatic heterocycles. The number of carbonyl (C=O) groups excluding carboxylic acids is 1. The summed E-state index contributed by atoms with van der Waals surface area (Å²) in [4.78, 5) is 37.9. The molecule has 150 valence electrons. The summed E-state index contributed by atoms with van der Waals surface area (Å²) in [5.74, 6) is 0.312. The molecule has 3 N–H and O–H groups in total. The number of hydrogen-bond donors (Lipinski definition) is 3. The molecule has 1 saturated heterocycles. The largest absolute Gasteiger partial charge is 0.465 e. The highest BCUT2D eigenvalue weighted by Crippen LogP contribution is 2.24. The molecule has 10 nitrogen and oxygen atoms in total. The van der Waals surface area contributed by atoms with E-state index < -0.39 is 29.5 Å². The van der Waals surface area contributed by atoms with Crippen molar-refractivity contribution in [3.63, 3.8) is 0 Å². The summed E-state index contributed by atoms with van der Waals surface area (Å²) in [7, 11) is 1.43. The maximum atomic E-state index is 14.5. The van der Waals surface area contributed by atoms with Crippen LogP contribution < -0.4 is 15.5 Å². The highest BCUT2D eigenvalue weighted by atomic mass is 32.1. The Kier molecular flexibility index (Phi) is 5.82. The van der Waals surface area contributed by atoms with E-state index in [9.17, 15) is 18.4 Å². The molecule has 2 atom stereocenters. The van der Waals surface area contributed by atoms with Gasteiger partial charge in [0.2, 0.25) is 5.95 Å². The van der Waals surface area contributed by atoms with Crippen LogP contribution in [0.15, 0.2) is 18.5 Å². The maximum absolute atomic E-state index is 14.5. The molecule has 3 amide bonds. The van der Waals surface area contributed by atoms with Crippen molar-refractivity contribution in [1.82, 2.24) is 19.9 Å². The predicted molar refractivity (Wildman–Crippen MR) is 98.0 cm³/mol. The fraction of sp³-hybridized carbons (Fsp3) is 0.400. The molecule has 0 aromatic carbocycles. The van der Waals surface area contributed by atoms with Gasteiger partial charge in [-0.05, 0) is 12.5 Å². The second-order valence-electron chi connectivity index (χ2n) is 6.00. The maximum Gasteiger partial charge on any atom is 0.410 e. The minimum absolute atomic E-state index is 0.0770. The highest BCUT2D eigenvalue weighted by molar-refractivity contribution is 7.14. The molecule has 1 fully saturated rings. The molecule has 2 unspecified atom stereocenters. The van der Waals surface area contributed by atoms with Gasteiger partial charge in [0.15, 0.2) is 10.3 Å². The number of urea groups is 1. The second kappa shape index (κ2) is 8.29. The fourth-order valence-electron chi connectivity index (χ4n) is 2.77. The minimum atomic E-state index is -1.28. The minimum Gasteiger partial charge on any atom is -0.465 e. The molecular formula is C15H17F2N7O3S. The summed E-state index contributed by atoms with van der Waals surface area (Å²) >= 11 is 0.669. The summed E-state index contributed by atoms with van der Waals surface area (Å²) in [5, 5.41) is 12.9. The third kappa shape index (κ3) is 4.60. The van der Waals surface area contributed by atoms with Gasteiger partial charge < -0.3 is 14.9 Å². The lowest BCUT2D eigenvalue weighted by Gasteiger charge is -2.39. The van der Waals surface area contributed by atoms with Crippen molar-refractivity contribution in [1.29, 1.82) is 0 Å². The van der Waals surface area contributed by atoms with E-state index in [-0.39, 0.29) is 29.9 Å². The van der Waals surface area contributed by atoms with E-state index >= 15 is 0 Å². The van der Waals surface area contributed by atoms with E-state index in [1.165, 1.54) is 24.2 Å². The Bertz CT molecular complexity index is 868. The number of halogens is 2. The Morgan fingerprint density at radius 2 is 2.18 bits per heavy atom. The van der Waals surface area contributed by atoms with E-state index in [4.69, 9.17) is 5.11 Å². The van der Waals surface area contributed by atoms with Crippen molar-refractivity contribution in [2.24, 2.45) is 0 Å². The molecule has 2 aromatic rings. The van der Waals surface area contributed by atoms with Crippen LogP contribution in [0.25, 0.3) is 0 Å². The van der Waals surface area contributed by atoms with Crippen LogP contribution in [0, 0.1) is 5.13 Å². The number of rotatable bonds is 4. The van der Waals surface area contributed by atoms with Gasteiger partial charge >= 0.3 is 12.1 Å². The Hall–Kier alpha value is -3.09. The van der Waals surface area contributed by atoms with Crippen molar-refractivity contribution in [2.75, 3.05) is 35.7 Å². The molecule has 0 spiro atoms. The molecule has 0 aliphatic carbocycles. The first-order valence-electron chi connectivity index (χ1n) is 8.20. The molecule has 28 heavy (non-hydrogen) atoms. The molecule has 1 aliphatic heterocycles. The van der Waals surface area contributed by atoms with E-state index in [1.54, 1.807) is 4.90 Å². The van der Waals surface area contributed by atoms with Crippen LogP contribution >= 0.6 is 11.3 Å². The fourth-order valence-corrected chi connectivity index (χ4v) is 3.31. The van der Waals surface area contributed by atoms with Gasteiger partial charge in [-0.2, -0.15) is 9.37 Å².